The number of hydrogen-bond acceptors (Lipinski definition) is 6. The molecule has 2 aromatic rings. The van der Waals surface area contributed by atoms with Crippen LogP contribution >= 0.6 is 23.4 Å². The number of anilines is 1. The van der Waals surface area contributed by atoms with Crippen LogP contribution in [0, 0.1) is 0 Å². The van der Waals surface area contributed by atoms with Crippen LogP contribution in [0.4, 0.5) is 10.5 Å². The van der Waals surface area contributed by atoms with Gasteiger partial charge in [0, 0.05) is 18.8 Å². The molecule has 10 heteroatoms. The quantitative estimate of drug-likeness (QED) is 0.578. The number of hydrogen-bond donors (Lipinski definition) is 1. The minimum absolute atomic E-state index is 0.214. The lowest BCUT2D eigenvalue weighted by Gasteiger charge is -2.18. The molecule has 0 atom stereocenters. The molecule has 0 spiro atoms. The van der Waals surface area contributed by atoms with Gasteiger partial charge < -0.3 is 15.0 Å². The number of ether oxygens (including phenoxy) is 1. The predicted octanol–water partition coefficient (Wildman–Crippen LogP) is 4.02. The average molecular weight is 500 g/mol. The zero-order chi connectivity index (χ0) is 24.1. The molecule has 0 radical (unpaired) electrons. The van der Waals surface area contributed by atoms with Gasteiger partial charge in [0.25, 0.3) is 17.1 Å². The van der Waals surface area contributed by atoms with Crippen molar-refractivity contribution >= 4 is 58.1 Å². The maximum atomic E-state index is 12.7. The number of carbonyl (C=O) groups excluding carboxylic acids is 4. The molecule has 0 aromatic heterocycles. The van der Waals surface area contributed by atoms with Gasteiger partial charge in [0.1, 0.15) is 12.3 Å². The molecule has 0 bridgehead atoms. The summed E-state index contributed by atoms with van der Waals surface area (Å²) in [7, 11) is 0. The van der Waals surface area contributed by atoms with E-state index < -0.39 is 11.1 Å². The van der Waals surface area contributed by atoms with E-state index in [1.807, 2.05) is 18.2 Å². The van der Waals surface area contributed by atoms with E-state index in [0.717, 1.165) is 29.5 Å². The number of likely N-dealkylation sites (tertiary alicyclic amines) is 1. The molecular formula is C24H22ClN3O5S. The molecule has 0 saturated carbocycles. The van der Waals surface area contributed by atoms with Crippen molar-refractivity contribution in [3.8, 4) is 5.75 Å². The fourth-order valence-corrected chi connectivity index (χ4v) is 4.66. The molecule has 2 aromatic carbocycles. The molecule has 2 aliphatic heterocycles. The molecule has 0 aliphatic carbocycles. The summed E-state index contributed by atoms with van der Waals surface area (Å²) in [5.41, 5.74) is 1.25. The molecule has 2 heterocycles. The number of para-hydroxylation sites is 1. The van der Waals surface area contributed by atoms with Crippen LogP contribution in [0.1, 0.15) is 18.4 Å². The van der Waals surface area contributed by atoms with Crippen molar-refractivity contribution in [3.63, 3.8) is 0 Å². The van der Waals surface area contributed by atoms with Gasteiger partial charge in [0.2, 0.25) is 5.91 Å². The van der Waals surface area contributed by atoms with Crippen LogP contribution in [0.5, 0.6) is 5.75 Å². The Kier molecular flexibility index (Phi) is 7.54. The van der Waals surface area contributed by atoms with Crippen LogP contribution in [-0.4, -0.2) is 59.0 Å². The third kappa shape index (κ3) is 5.78. The Balaban J connectivity index is 1.36. The summed E-state index contributed by atoms with van der Waals surface area (Å²) in [5.74, 6) is -0.742. The topological polar surface area (TPSA) is 96.0 Å². The SMILES string of the molecule is O=C(COc1ccc(C=C2SC(=O)N(CC(=O)N3CCCC3)C2=O)cc1Cl)Nc1ccccc1. The lowest BCUT2D eigenvalue weighted by Crippen LogP contribution is -2.40. The number of nitrogens with zero attached hydrogens (tertiary/aromatic N) is 2. The van der Waals surface area contributed by atoms with Gasteiger partial charge in [-0.05, 0) is 60.5 Å². The number of benzene rings is 2. The van der Waals surface area contributed by atoms with Crippen molar-refractivity contribution in [3.05, 3.63) is 64.0 Å². The lowest BCUT2D eigenvalue weighted by molar-refractivity contribution is -0.135. The van der Waals surface area contributed by atoms with Gasteiger partial charge in [-0.3, -0.25) is 24.1 Å². The first-order valence-corrected chi connectivity index (χ1v) is 11.9. The Hall–Kier alpha value is -3.30. The Morgan fingerprint density at radius 1 is 1.09 bits per heavy atom. The summed E-state index contributed by atoms with van der Waals surface area (Å²) < 4.78 is 5.50. The van der Waals surface area contributed by atoms with Crippen LogP contribution in [-0.2, 0) is 14.4 Å². The van der Waals surface area contributed by atoms with Gasteiger partial charge in [0.05, 0.1) is 9.93 Å². The van der Waals surface area contributed by atoms with E-state index in [4.69, 9.17) is 16.3 Å². The monoisotopic (exact) mass is 499 g/mol. The minimum Gasteiger partial charge on any atom is -0.482 e. The smallest absolute Gasteiger partial charge is 0.294 e. The Morgan fingerprint density at radius 2 is 1.82 bits per heavy atom. The van der Waals surface area contributed by atoms with E-state index in [1.54, 1.807) is 41.3 Å². The van der Waals surface area contributed by atoms with Crippen molar-refractivity contribution in [2.45, 2.75) is 12.8 Å². The van der Waals surface area contributed by atoms with E-state index in [9.17, 15) is 19.2 Å². The molecule has 2 aliphatic rings. The molecule has 2 fully saturated rings. The maximum absolute atomic E-state index is 12.7. The lowest BCUT2D eigenvalue weighted by atomic mass is 10.2. The van der Waals surface area contributed by atoms with E-state index in [1.165, 1.54) is 0 Å². The van der Waals surface area contributed by atoms with E-state index >= 15 is 0 Å². The molecule has 2 saturated heterocycles. The van der Waals surface area contributed by atoms with Crippen molar-refractivity contribution < 1.29 is 23.9 Å². The van der Waals surface area contributed by atoms with Gasteiger partial charge in [-0.2, -0.15) is 0 Å². The summed E-state index contributed by atoms with van der Waals surface area (Å²) in [5, 5.41) is 2.50. The molecular weight excluding hydrogens is 478 g/mol. The molecule has 1 N–H and O–H groups in total. The number of thioether (sulfide) groups is 1. The predicted molar refractivity (Wildman–Crippen MR) is 131 cm³/mol. The highest BCUT2D eigenvalue weighted by Gasteiger charge is 2.37. The number of rotatable bonds is 7. The Labute approximate surface area is 205 Å². The van der Waals surface area contributed by atoms with E-state index in [-0.39, 0.29) is 34.9 Å². The highest BCUT2D eigenvalue weighted by Crippen LogP contribution is 2.34. The average Bonchev–Trinajstić information content (AvgIpc) is 3.44. The first-order valence-electron chi connectivity index (χ1n) is 10.7. The number of nitrogens with one attached hydrogen (secondary N) is 1. The highest BCUT2D eigenvalue weighted by atomic mass is 35.5. The van der Waals surface area contributed by atoms with E-state index in [2.05, 4.69) is 5.32 Å². The summed E-state index contributed by atoms with van der Waals surface area (Å²) in [4.78, 5) is 52.3. The highest BCUT2D eigenvalue weighted by molar-refractivity contribution is 8.18. The van der Waals surface area contributed by atoms with Crippen molar-refractivity contribution in [1.29, 1.82) is 0 Å². The molecule has 4 rings (SSSR count). The number of amides is 4. The second kappa shape index (κ2) is 10.8. The summed E-state index contributed by atoms with van der Waals surface area (Å²) >= 11 is 7.08. The summed E-state index contributed by atoms with van der Waals surface area (Å²) in [6.07, 6.45) is 3.42. The van der Waals surface area contributed by atoms with Crippen LogP contribution in [0.3, 0.4) is 0 Å². The molecule has 8 nitrogen and oxygen atoms in total. The van der Waals surface area contributed by atoms with Crippen LogP contribution in [0.15, 0.2) is 53.4 Å². The number of imide groups is 1. The van der Waals surface area contributed by atoms with Crippen LogP contribution in [0.25, 0.3) is 6.08 Å². The first-order chi connectivity index (χ1) is 16.4. The van der Waals surface area contributed by atoms with E-state index in [0.29, 0.717) is 30.1 Å². The standard InChI is InChI=1S/C24H22ClN3O5S/c25-18-12-16(8-9-19(18)33-15-21(29)26-17-6-2-1-3-7-17)13-20-23(31)28(24(32)34-20)14-22(30)27-10-4-5-11-27/h1-3,6-9,12-13H,4-5,10-11,14-15H2,(H,26,29). The van der Waals surface area contributed by atoms with Gasteiger partial charge in [-0.15, -0.1) is 0 Å². The number of carbonyl (C=O) groups is 4. The van der Waals surface area contributed by atoms with Crippen molar-refractivity contribution in [2.24, 2.45) is 0 Å². The second-order valence-electron chi connectivity index (χ2n) is 7.75. The summed E-state index contributed by atoms with van der Waals surface area (Å²) in [6.45, 7) is 0.843. The molecule has 176 valence electrons. The first kappa shape index (κ1) is 23.8. The normalized spacial score (nSPS) is 16.9. The summed E-state index contributed by atoms with van der Waals surface area (Å²) in [6, 6.07) is 13.8. The molecule has 4 amide bonds. The maximum Gasteiger partial charge on any atom is 0.294 e. The van der Waals surface area contributed by atoms with Crippen LogP contribution < -0.4 is 10.1 Å². The second-order valence-corrected chi connectivity index (χ2v) is 9.15. The van der Waals surface area contributed by atoms with Crippen LogP contribution in [0.2, 0.25) is 5.02 Å². The van der Waals surface area contributed by atoms with Gasteiger partial charge in [-0.25, -0.2) is 0 Å². The number of halogens is 1. The minimum atomic E-state index is -0.503. The largest absolute Gasteiger partial charge is 0.482 e. The fourth-order valence-electron chi connectivity index (χ4n) is 3.58. The van der Waals surface area contributed by atoms with Gasteiger partial charge in [-0.1, -0.05) is 35.9 Å². The zero-order valence-electron chi connectivity index (χ0n) is 18.2. The van der Waals surface area contributed by atoms with Crippen molar-refractivity contribution in [2.75, 3.05) is 31.6 Å². The molecule has 34 heavy (non-hydrogen) atoms. The van der Waals surface area contributed by atoms with Crippen molar-refractivity contribution in [1.82, 2.24) is 9.80 Å². The molecule has 0 unspecified atom stereocenters. The Bertz CT molecular complexity index is 1150. The zero-order valence-corrected chi connectivity index (χ0v) is 19.7. The fraction of sp³-hybridized carbons (Fsp3) is 0.250. The van der Waals surface area contributed by atoms with Gasteiger partial charge >= 0.3 is 0 Å². The third-order valence-corrected chi connectivity index (χ3v) is 6.50. The third-order valence-electron chi connectivity index (χ3n) is 5.30. The van der Waals surface area contributed by atoms with Gasteiger partial charge in [0.15, 0.2) is 6.61 Å². The Morgan fingerprint density at radius 3 is 2.53 bits per heavy atom.